The highest BCUT2D eigenvalue weighted by atomic mass is 79.9. The molecular formula is C15H12BrCl2FN2O2. The second-order valence-corrected chi connectivity index (χ2v) is 6.26. The summed E-state index contributed by atoms with van der Waals surface area (Å²) in [7, 11) is 0. The summed E-state index contributed by atoms with van der Waals surface area (Å²) in [5, 5.41) is 3.54. The summed E-state index contributed by atoms with van der Waals surface area (Å²) >= 11 is 14.9. The molecule has 0 aliphatic rings. The Morgan fingerprint density at radius 2 is 2.13 bits per heavy atom. The quantitative estimate of drug-likeness (QED) is 0.661. The summed E-state index contributed by atoms with van der Waals surface area (Å²) < 4.78 is 18.8. The minimum Gasteiger partial charge on any atom is -0.492 e. The van der Waals surface area contributed by atoms with E-state index in [9.17, 15) is 9.18 Å². The number of benzene rings is 1. The number of anilines is 1. The number of aromatic nitrogens is 1. The molecule has 0 fully saturated rings. The van der Waals surface area contributed by atoms with Crippen molar-refractivity contribution in [3.8, 4) is 5.75 Å². The minimum atomic E-state index is -0.483. The number of hydrogen-bond acceptors (Lipinski definition) is 3. The third-order valence-corrected chi connectivity index (χ3v) is 3.90. The second kappa shape index (κ2) is 8.47. The first-order chi connectivity index (χ1) is 11.0. The van der Waals surface area contributed by atoms with Gasteiger partial charge in [0.1, 0.15) is 17.4 Å². The fourth-order valence-electron chi connectivity index (χ4n) is 1.71. The number of carbonyl (C=O) groups is 1. The molecule has 4 nitrogen and oxygen atoms in total. The first kappa shape index (κ1) is 18.0. The van der Waals surface area contributed by atoms with E-state index in [0.29, 0.717) is 33.3 Å². The van der Waals surface area contributed by atoms with Crippen LogP contribution < -0.4 is 10.1 Å². The summed E-state index contributed by atoms with van der Waals surface area (Å²) in [5.74, 6) is 0.0659. The third kappa shape index (κ3) is 5.64. The van der Waals surface area contributed by atoms with E-state index in [1.165, 1.54) is 6.07 Å². The fraction of sp³-hybridized carbons (Fsp3) is 0.200. The van der Waals surface area contributed by atoms with E-state index in [0.717, 1.165) is 6.20 Å². The maximum absolute atomic E-state index is 12.9. The van der Waals surface area contributed by atoms with E-state index in [4.69, 9.17) is 27.9 Å². The van der Waals surface area contributed by atoms with Crippen LogP contribution in [0.5, 0.6) is 5.75 Å². The Morgan fingerprint density at radius 1 is 1.35 bits per heavy atom. The van der Waals surface area contributed by atoms with Crippen LogP contribution in [-0.2, 0) is 4.79 Å². The lowest BCUT2D eigenvalue weighted by Crippen LogP contribution is -2.14. The molecule has 1 heterocycles. The number of carbonyl (C=O) groups excluding carboxylic acids is 1. The zero-order valence-corrected chi connectivity index (χ0v) is 14.9. The molecule has 1 aromatic heterocycles. The standard InChI is InChI=1S/C15H12BrCl2FN2O2/c16-11-7-10(19)8-20-15(11)21-14(22)2-1-5-23-13-4-3-9(17)6-12(13)18/h3-4,6-8H,1-2,5H2,(H,20,21,22). The molecule has 2 aromatic rings. The molecule has 122 valence electrons. The van der Waals surface area contributed by atoms with Gasteiger partial charge < -0.3 is 10.1 Å². The van der Waals surface area contributed by atoms with E-state index in [-0.39, 0.29) is 18.1 Å². The van der Waals surface area contributed by atoms with Crippen LogP contribution in [0.2, 0.25) is 10.0 Å². The molecule has 23 heavy (non-hydrogen) atoms. The summed E-state index contributed by atoms with van der Waals surface area (Å²) in [5.41, 5.74) is 0. The van der Waals surface area contributed by atoms with Gasteiger partial charge in [-0.15, -0.1) is 0 Å². The number of pyridine rings is 1. The molecule has 1 N–H and O–H groups in total. The van der Waals surface area contributed by atoms with E-state index in [1.807, 2.05) is 0 Å². The maximum Gasteiger partial charge on any atom is 0.225 e. The van der Waals surface area contributed by atoms with Crippen molar-refractivity contribution in [2.75, 3.05) is 11.9 Å². The van der Waals surface area contributed by atoms with Gasteiger partial charge in [0, 0.05) is 11.4 Å². The Kier molecular flexibility index (Phi) is 6.62. The Hall–Kier alpha value is -1.37. The van der Waals surface area contributed by atoms with E-state index in [2.05, 4.69) is 26.2 Å². The Morgan fingerprint density at radius 3 is 2.83 bits per heavy atom. The van der Waals surface area contributed by atoms with Gasteiger partial charge in [0.25, 0.3) is 0 Å². The number of ether oxygens (including phenoxy) is 1. The molecular weight excluding hydrogens is 410 g/mol. The van der Waals surface area contributed by atoms with Crippen LogP contribution in [0.4, 0.5) is 10.2 Å². The molecule has 0 aliphatic heterocycles. The average molecular weight is 422 g/mol. The summed E-state index contributed by atoms with van der Waals surface area (Å²) in [6, 6.07) is 6.16. The largest absolute Gasteiger partial charge is 0.492 e. The third-order valence-electron chi connectivity index (χ3n) is 2.77. The van der Waals surface area contributed by atoms with Gasteiger partial charge in [0.15, 0.2) is 0 Å². The first-order valence-corrected chi connectivity index (χ1v) is 8.19. The van der Waals surface area contributed by atoms with Gasteiger partial charge in [-0.2, -0.15) is 0 Å². The monoisotopic (exact) mass is 420 g/mol. The molecule has 1 aromatic carbocycles. The normalized spacial score (nSPS) is 10.4. The van der Waals surface area contributed by atoms with Crippen molar-refractivity contribution in [3.05, 3.63) is 50.8 Å². The van der Waals surface area contributed by atoms with Crippen LogP contribution in [-0.4, -0.2) is 17.5 Å². The van der Waals surface area contributed by atoms with Crippen molar-refractivity contribution in [2.45, 2.75) is 12.8 Å². The number of amides is 1. The van der Waals surface area contributed by atoms with Crippen molar-refractivity contribution in [1.29, 1.82) is 0 Å². The predicted octanol–water partition coefficient (Wildman–Crippen LogP) is 5.09. The molecule has 0 aliphatic carbocycles. The number of nitrogens with one attached hydrogen (secondary N) is 1. The van der Waals surface area contributed by atoms with Gasteiger partial charge in [-0.05, 0) is 46.6 Å². The smallest absolute Gasteiger partial charge is 0.225 e. The van der Waals surface area contributed by atoms with Gasteiger partial charge in [-0.1, -0.05) is 23.2 Å². The highest BCUT2D eigenvalue weighted by molar-refractivity contribution is 9.10. The van der Waals surface area contributed by atoms with Gasteiger partial charge >= 0.3 is 0 Å². The molecule has 0 atom stereocenters. The van der Waals surface area contributed by atoms with Crippen molar-refractivity contribution in [1.82, 2.24) is 4.98 Å². The second-order valence-electron chi connectivity index (χ2n) is 4.56. The summed E-state index contributed by atoms with van der Waals surface area (Å²) in [6.07, 6.45) is 1.76. The molecule has 0 spiro atoms. The Labute approximate surface area is 151 Å². The summed E-state index contributed by atoms with van der Waals surface area (Å²) in [6.45, 7) is 0.326. The van der Waals surface area contributed by atoms with Crippen LogP contribution in [0.15, 0.2) is 34.9 Å². The van der Waals surface area contributed by atoms with E-state index >= 15 is 0 Å². The van der Waals surface area contributed by atoms with Gasteiger partial charge in [0.2, 0.25) is 5.91 Å². The Bertz CT molecular complexity index is 716. The molecule has 0 saturated heterocycles. The number of hydrogen-bond donors (Lipinski definition) is 1. The van der Waals surface area contributed by atoms with Crippen molar-refractivity contribution < 1.29 is 13.9 Å². The zero-order valence-electron chi connectivity index (χ0n) is 11.8. The number of nitrogens with zero attached hydrogens (tertiary/aromatic N) is 1. The molecule has 0 unspecified atom stereocenters. The van der Waals surface area contributed by atoms with Crippen LogP contribution in [0.1, 0.15) is 12.8 Å². The van der Waals surface area contributed by atoms with Crippen LogP contribution in [0.25, 0.3) is 0 Å². The molecule has 1 amide bonds. The number of rotatable bonds is 6. The molecule has 8 heteroatoms. The molecule has 0 radical (unpaired) electrons. The highest BCUT2D eigenvalue weighted by Gasteiger charge is 2.08. The SMILES string of the molecule is O=C(CCCOc1ccc(Cl)cc1Cl)Nc1ncc(F)cc1Br. The fourth-order valence-corrected chi connectivity index (χ4v) is 2.59. The van der Waals surface area contributed by atoms with E-state index < -0.39 is 5.82 Å². The lowest BCUT2D eigenvalue weighted by molar-refractivity contribution is -0.116. The van der Waals surface area contributed by atoms with Crippen LogP contribution in [0.3, 0.4) is 0 Å². The average Bonchev–Trinajstić information content (AvgIpc) is 2.48. The van der Waals surface area contributed by atoms with Gasteiger partial charge in [0.05, 0.1) is 22.3 Å². The molecule has 0 bridgehead atoms. The molecule has 0 saturated carbocycles. The molecule has 2 rings (SSSR count). The first-order valence-electron chi connectivity index (χ1n) is 6.64. The lowest BCUT2D eigenvalue weighted by Gasteiger charge is -2.09. The Balaban J connectivity index is 1.76. The van der Waals surface area contributed by atoms with Gasteiger partial charge in [-0.25, -0.2) is 9.37 Å². The van der Waals surface area contributed by atoms with Crippen LogP contribution in [0, 0.1) is 5.82 Å². The van der Waals surface area contributed by atoms with Crippen molar-refractivity contribution in [2.24, 2.45) is 0 Å². The highest BCUT2D eigenvalue weighted by Crippen LogP contribution is 2.27. The number of halogens is 4. The van der Waals surface area contributed by atoms with E-state index in [1.54, 1.807) is 18.2 Å². The maximum atomic E-state index is 12.9. The predicted molar refractivity (Wildman–Crippen MR) is 91.7 cm³/mol. The lowest BCUT2D eigenvalue weighted by atomic mass is 10.3. The van der Waals surface area contributed by atoms with Crippen molar-refractivity contribution >= 4 is 50.9 Å². The minimum absolute atomic E-state index is 0.233. The summed E-state index contributed by atoms with van der Waals surface area (Å²) in [4.78, 5) is 15.6. The van der Waals surface area contributed by atoms with Gasteiger partial charge in [-0.3, -0.25) is 4.79 Å². The van der Waals surface area contributed by atoms with Crippen LogP contribution >= 0.6 is 39.1 Å². The van der Waals surface area contributed by atoms with Crippen molar-refractivity contribution in [3.63, 3.8) is 0 Å². The topological polar surface area (TPSA) is 51.2 Å². The zero-order chi connectivity index (χ0) is 16.8.